The van der Waals surface area contributed by atoms with Crippen molar-refractivity contribution in [3.8, 4) is 0 Å². The summed E-state index contributed by atoms with van der Waals surface area (Å²) in [7, 11) is 0. The summed E-state index contributed by atoms with van der Waals surface area (Å²) in [5.41, 5.74) is 0.241. The molecule has 1 aromatic rings. The van der Waals surface area contributed by atoms with Gasteiger partial charge in [-0.1, -0.05) is 0 Å². The van der Waals surface area contributed by atoms with E-state index in [0.717, 1.165) is 65.1 Å². The SMILES string of the molecule is O=C(NCC1(Cn2cccn2)CC1)C1CCN(C2CCOCC2)CC1. The van der Waals surface area contributed by atoms with Gasteiger partial charge >= 0.3 is 0 Å². The van der Waals surface area contributed by atoms with E-state index in [2.05, 4.69) is 15.3 Å². The van der Waals surface area contributed by atoms with E-state index in [1.165, 1.54) is 12.8 Å². The van der Waals surface area contributed by atoms with E-state index in [4.69, 9.17) is 4.74 Å². The van der Waals surface area contributed by atoms with Crippen LogP contribution in [0, 0.1) is 11.3 Å². The van der Waals surface area contributed by atoms with Crippen LogP contribution in [0.4, 0.5) is 0 Å². The van der Waals surface area contributed by atoms with Crippen molar-refractivity contribution >= 4 is 5.91 Å². The van der Waals surface area contributed by atoms with Gasteiger partial charge in [0.1, 0.15) is 0 Å². The van der Waals surface area contributed by atoms with E-state index in [1.807, 2.05) is 23.1 Å². The molecule has 1 aromatic heterocycles. The number of ether oxygens (including phenoxy) is 1. The minimum Gasteiger partial charge on any atom is -0.381 e. The third-order valence-corrected chi connectivity index (χ3v) is 6.26. The van der Waals surface area contributed by atoms with Crippen LogP contribution in [0.3, 0.4) is 0 Å². The lowest BCUT2D eigenvalue weighted by Gasteiger charge is -2.38. The predicted octanol–water partition coefficient (Wildman–Crippen LogP) is 1.67. The van der Waals surface area contributed by atoms with Gasteiger partial charge in [-0.2, -0.15) is 5.10 Å². The summed E-state index contributed by atoms with van der Waals surface area (Å²) in [5, 5.41) is 7.54. The number of carbonyl (C=O) groups excluding carboxylic acids is 1. The van der Waals surface area contributed by atoms with Crippen LogP contribution in [0.2, 0.25) is 0 Å². The molecule has 4 rings (SSSR count). The molecule has 1 N–H and O–H groups in total. The Balaban J connectivity index is 1.20. The van der Waals surface area contributed by atoms with Crippen LogP contribution >= 0.6 is 0 Å². The lowest BCUT2D eigenvalue weighted by molar-refractivity contribution is -0.127. The fourth-order valence-electron chi connectivity index (χ4n) is 4.30. The van der Waals surface area contributed by atoms with Crippen LogP contribution in [0.5, 0.6) is 0 Å². The van der Waals surface area contributed by atoms with Crippen molar-refractivity contribution in [2.75, 3.05) is 32.8 Å². The highest BCUT2D eigenvalue weighted by molar-refractivity contribution is 5.78. The Morgan fingerprint density at radius 1 is 1.20 bits per heavy atom. The van der Waals surface area contributed by atoms with Crippen molar-refractivity contribution in [3.05, 3.63) is 18.5 Å². The molecule has 3 heterocycles. The molecule has 2 aliphatic heterocycles. The third-order valence-electron chi connectivity index (χ3n) is 6.26. The number of hydrogen-bond acceptors (Lipinski definition) is 4. The smallest absolute Gasteiger partial charge is 0.223 e. The van der Waals surface area contributed by atoms with E-state index in [1.54, 1.807) is 0 Å². The van der Waals surface area contributed by atoms with Gasteiger partial charge in [0.25, 0.3) is 0 Å². The number of rotatable bonds is 6. The zero-order valence-electron chi connectivity index (χ0n) is 15.0. The summed E-state index contributed by atoms with van der Waals surface area (Å²) in [6.07, 6.45) is 10.5. The summed E-state index contributed by atoms with van der Waals surface area (Å²) in [5.74, 6) is 0.454. The molecule has 3 fully saturated rings. The molecule has 6 heteroatoms. The normalized spacial score (nSPS) is 25.0. The zero-order chi connectivity index (χ0) is 17.1. The molecule has 1 amide bonds. The number of nitrogens with one attached hydrogen (secondary N) is 1. The Hall–Kier alpha value is -1.40. The second kappa shape index (κ2) is 7.46. The molecule has 2 saturated heterocycles. The van der Waals surface area contributed by atoms with Crippen LogP contribution in [0.25, 0.3) is 0 Å². The first kappa shape index (κ1) is 17.0. The quantitative estimate of drug-likeness (QED) is 0.851. The van der Waals surface area contributed by atoms with Crippen LogP contribution in [0.15, 0.2) is 18.5 Å². The lowest BCUT2D eigenvalue weighted by atomic mass is 9.93. The van der Waals surface area contributed by atoms with Crippen LogP contribution < -0.4 is 5.32 Å². The molecule has 25 heavy (non-hydrogen) atoms. The molecule has 0 bridgehead atoms. The summed E-state index contributed by atoms with van der Waals surface area (Å²) in [4.78, 5) is 15.2. The Morgan fingerprint density at radius 3 is 2.60 bits per heavy atom. The topological polar surface area (TPSA) is 59.4 Å². The van der Waals surface area contributed by atoms with Gasteiger partial charge in [0, 0.05) is 56.1 Å². The van der Waals surface area contributed by atoms with Gasteiger partial charge in [-0.15, -0.1) is 0 Å². The summed E-state index contributed by atoms with van der Waals surface area (Å²) in [6.45, 7) is 5.61. The first-order valence-corrected chi connectivity index (χ1v) is 9.81. The first-order chi connectivity index (χ1) is 12.2. The molecule has 1 aliphatic carbocycles. The van der Waals surface area contributed by atoms with Crippen molar-refractivity contribution in [3.63, 3.8) is 0 Å². The molecule has 0 spiro atoms. The van der Waals surface area contributed by atoms with Gasteiger partial charge in [0.2, 0.25) is 5.91 Å². The van der Waals surface area contributed by atoms with Crippen molar-refractivity contribution in [1.29, 1.82) is 0 Å². The first-order valence-electron chi connectivity index (χ1n) is 9.81. The average molecular weight is 346 g/mol. The minimum atomic E-state index is 0.191. The number of likely N-dealkylation sites (tertiary alicyclic amines) is 1. The summed E-state index contributed by atoms with van der Waals surface area (Å²) in [6, 6.07) is 2.63. The highest BCUT2D eigenvalue weighted by atomic mass is 16.5. The maximum Gasteiger partial charge on any atom is 0.223 e. The molecule has 6 nitrogen and oxygen atoms in total. The second-order valence-electron chi connectivity index (χ2n) is 8.08. The molecular formula is C19H30N4O2. The highest BCUT2D eigenvalue weighted by Crippen LogP contribution is 2.46. The van der Waals surface area contributed by atoms with E-state index < -0.39 is 0 Å². The number of hydrogen-bond donors (Lipinski definition) is 1. The van der Waals surface area contributed by atoms with E-state index in [9.17, 15) is 4.79 Å². The summed E-state index contributed by atoms with van der Waals surface area (Å²) >= 11 is 0. The zero-order valence-corrected chi connectivity index (χ0v) is 15.0. The Labute approximate surface area is 149 Å². The van der Waals surface area contributed by atoms with Crippen LogP contribution in [-0.2, 0) is 16.1 Å². The molecule has 0 atom stereocenters. The maximum atomic E-state index is 12.6. The predicted molar refractivity (Wildman–Crippen MR) is 95.0 cm³/mol. The number of carbonyl (C=O) groups is 1. The van der Waals surface area contributed by atoms with Gasteiger partial charge in [-0.25, -0.2) is 0 Å². The van der Waals surface area contributed by atoms with Crippen LogP contribution in [0.1, 0.15) is 38.5 Å². The Bertz CT molecular complexity index is 556. The number of aromatic nitrogens is 2. The Morgan fingerprint density at radius 2 is 1.96 bits per heavy atom. The van der Waals surface area contributed by atoms with E-state index in [-0.39, 0.29) is 17.2 Å². The molecular weight excluding hydrogens is 316 g/mol. The van der Waals surface area contributed by atoms with Crippen molar-refractivity contribution in [1.82, 2.24) is 20.0 Å². The van der Waals surface area contributed by atoms with Gasteiger partial charge in [0.15, 0.2) is 0 Å². The highest BCUT2D eigenvalue weighted by Gasteiger charge is 2.43. The monoisotopic (exact) mass is 346 g/mol. The van der Waals surface area contributed by atoms with Crippen LogP contribution in [-0.4, -0.2) is 59.5 Å². The van der Waals surface area contributed by atoms with Crippen molar-refractivity contribution < 1.29 is 9.53 Å². The lowest BCUT2D eigenvalue weighted by Crippen LogP contribution is -2.47. The van der Waals surface area contributed by atoms with Gasteiger partial charge in [0.05, 0.1) is 0 Å². The number of amides is 1. The molecule has 1 saturated carbocycles. The largest absolute Gasteiger partial charge is 0.381 e. The summed E-state index contributed by atoms with van der Waals surface area (Å²) < 4.78 is 7.45. The third kappa shape index (κ3) is 4.23. The maximum absolute atomic E-state index is 12.6. The molecule has 3 aliphatic rings. The van der Waals surface area contributed by atoms with Gasteiger partial charge < -0.3 is 15.0 Å². The van der Waals surface area contributed by atoms with Crippen molar-refractivity contribution in [2.45, 2.75) is 51.1 Å². The molecule has 0 unspecified atom stereocenters. The Kier molecular flexibility index (Phi) is 5.08. The molecule has 138 valence electrons. The van der Waals surface area contributed by atoms with Gasteiger partial charge in [-0.05, 0) is 57.7 Å². The number of piperidine rings is 1. The second-order valence-corrected chi connectivity index (χ2v) is 8.08. The standard InChI is InChI=1S/C19H30N4O2/c24-18(20-14-19(6-7-19)15-23-9-1-8-21-23)16-2-10-22(11-3-16)17-4-12-25-13-5-17/h1,8-9,16-17H,2-7,10-15H2,(H,20,24). The fraction of sp³-hybridized carbons (Fsp3) is 0.789. The van der Waals surface area contributed by atoms with E-state index >= 15 is 0 Å². The molecule has 0 radical (unpaired) electrons. The minimum absolute atomic E-state index is 0.191. The number of nitrogens with zero attached hydrogens (tertiary/aromatic N) is 3. The molecule has 0 aromatic carbocycles. The van der Waals surface area contributed by atoms with E-state index in [0.29, 0.717) is 6.04 Å². The van der Waals surface area contributed by atoms with Gasteiger partial charge in [-0.3, -0.25) is 9.48 Å². The average Bonchev–Trinajstić information content (AvgIpc) is 3.24. The van der Waals surface area contributed by atoms with Crippen molar-refractivity contribution in [2.24, 2.45) is 11.3 Å². The fourth-order valence-corrected chi connectivity index (χ4v) is 4.30.